The molecule has 1 fully saturated rings. The van der Waals surface area contributed by atoms with Crippen LogP contribution in [0.4, 0.5) is 10.7 Å². The molecule has 6 nitrogen and oxygen atoms in total. The highest BCUT2D eigenvalue weighted by Gasteiger charge is 2.29. The molecule has 0 aliphatic carbocycles. The lowest BCUT2D eigenvalue weighted by Crippen LogP contribution is -2.40. The first-order valence-corrected chi connectivity index (χ1v) is 11.1. The van der Waals surface area contributed by atoms with E-state index in [1.165, 1.54) is 0 Å². The number of para-hydroxylation sites is 2. The summed E-state index contributed by atoms with van der Waals surface area (Å²) in [6, 6.07) is 13.5. The number of benzene rings is 2. The van der Waals surface area contributed by atoms with Crippen molar-refractivity contribution in [3.63, 3.8) is 0 Å². The molecule has 31 heavy (non-hydrogen) atoms. The Bertz CT molecular complexity index is 1090. The molecule has 1 aliphatic heterocycles. The summed E-state index contributed by atoms with van der Waals surface area (Å²) in [5.74, 6) is 0.839. The number of hydrogen-bond donors (Lipinski definition) is 1. The maximum absolute atomic E-state index is 12.2. The summed E-state index contributed by atoms with van der Waals surface area (Å²) >= 11 is 12.9. The number of amides is 1. The van der Waals surface area contributed by atoms with Gasteiger partial charge in [-0.15, -0.1) is 0 Å². The summed E-state index contributed by atoms with van der Waals surface area (Å²) in [6.45, 7) is 7.51. The van der Waals surface area contributed by atoms with Gasteiger partial charge in [0.25, 0.3) is 0 Å². The Labute approximate surface area is 192 Å². The molecule has 1 atom stereocenters. The predicted molar refractivity (Wildman–Crippen MR) is 125 cm³/mol. The van der Waals surface area contributed by atoms with Crippen LogP contribution in [0.3, 0.4) is 0 Å². The van der Waals surface area contributed by atoms with Crippen LogP contribution in [0.15, 0.2) is 42.5 Å². The third-order valence-electron chi connectivity index (χ3n) is 5.20. The number of hydrogen-bond acceptors (Lipinski definition) is 4. The fraction of sp³-hybridized carbons (Fsp3) is 0.391. The minimum Gasteiger partial charge on any atom is -0.444 e. The Morgan fingerprint density at radius 1 is 1.16 bits per heavy atom. The lowest BCUT2D eigenvalue weighted by Gasteiger charge is -2.22. The van der Waals surface area contributed by atoms with Gasteiger partial charge < -0.3 is 19.5 Å². The Hall–Kier alpha value is -2.44. The largest absolute Gasteiger partial charge is 0.444 e. The molecule has 4 rings (SSSR count). The summed E-state index contributed by atoms with van der Waals surface area (Å²) in [7, 11) is 0. The first-order valence-electron chi connectivity index (χ1n) is 10.3. The van der Waals surface area contributed by atoms with E-state index < -0.39 is 11.7 Å². The summed E-state index contributed by atoms with van der Waals surface area (Å²) in [5.41, 5.74) is 2.25. The van der Waals surface area contributed by atoms with Crippen molar-refractivity contribution in [2.24, 2.45) is 0 Å². The van der Waals surface area contributed by atoms with Gasteiger partial charge >= 0.3 is 6.09 Å². The second-order valence-electron chi connectivity index (χ2n) is 8.76. The fourth-order valence-electron chi connectivity index (χ4n) is 3.84. The van der Waals surface area contributed by atoms with Gasteiger partial charge in [0.15, 0.2) is 0 Å². The molecule has 1 amide bonds. The molecule has 1 saturated heterocycles. The Kier molecular flexibility index (Phi) is 6.04. The number of nitrogens with one attached hydrogen (secondary N) is 1. The SMILES string of the molecule is CC(C)(C)OC(=O)N[C@H]1CCN(c2nc3ccccc3n2Cc2c(Cl)cccc2Cl)C1. The number of carbonyl (C=O) groups is 1. The third-order valence-corrected chi connectivity index (χ3v) is 5.91. The molecular weight excluding hydrogens is 435 g/mol. The van der Waals surface area contributed by atoms with Crippen molar-refractivity contribution in [2.75, 3.05) is 18.0 Å². The van der Waals surface area contributed by atoms with Crippen molar-refractivity contribution >= 4 is 46.3 Å². The topological polar surface area (TPSA) is 59.4 Å². The van der Waals surface area contributed by atoms with E-state index in [4.69, 9.17) is 32.9 Å². The van der Waals surface area contributed by atoms with Gasteiger partial charge in [0, 0.05) is 28.7 Å². The second-order valence-corrected chi connectivity index (χ2v) is 9.58. The van der Waals surface area contributed by atoms with E-state index in [0.29, 0.717) is 23.1 Å². The molecule has 164 valence electrons. The number of anilines is 1. The van der Waals surface area contributed by atoms with E-state index >= 15 is 0 Å². The van der Waals surface area contributed by atoms with Crippen molar-refractivity contribution in [1.29, 1.82) is 0 Å². The summed E-state index contributed by atoms with van der Waals surface area (Å²) in [6.07, 6.45) is 0.422. The zero-order valence-corrected chi connectivity index (χ0v) is 19.4. The Balaban J connectivity index is 1.60. The van der Waals surface area contributed by atoms with E-state index in [-0.39, 0.29) is 6.04 Å². The smallest absolute Gasteiger partial charge is 0.407 e. The molecule has 8 heteroatoms. The number of halogens is 2. The van der Waals surface area contributed by atoms with Crippen LogP contribution in [0.5, 0.6) is 0 Å². The van der Waals surface area contributed by atoms with E-state index in [1.54, 1.807) is 0 Å². The van der Waals surface area contributed by atoms with Crippen molar-refractivity contribution in [3.8, 4) is 0 Å². The molecule has 1 aromatic heterocycles. The second kappa shape index (κ2) is 8.60. The van der Waals surface area contributed by atoms with Crippen LogP contribution in [0.25, 0.3) is 11.0 Å². The monoisotopic (exact) mass is 460 g/mol. The molecule has 2 aromatic carbocycles. The number of carbonyl (C=O) groups excluding carboxylic acids is 1. The van der Waals surface area contributed by atoms with Gasteiger partial charge in [-0.3, -0.25) is 0 Å². The summed E-state index contributed by atoms with van der Waals surface area (Å²) < 4.78 is 7.54. The van der Waals surface area contributed by atoms with Crippen molar-refractivity contribution < 1.29 is 9.53 Å². The third kappa shape index (κ3) is 4.91. The Morgan fingerprint density at radius 2 is 1.87 bits per heavy atom. The van der Waals surface area contributed by atoms with Crippen molar-refractivity contribution in [1.82, 2.24) is 14.9 Å². The average Bonchev–Trinajstić information content (AvgIpc) is 3.27. The van der Waals surface area contributed by atoms with Gasteiger partial charge in [-0.25, -0.2) is 9.78 Å². The first-order chi connectivity index (χ1) is 14.7. The van der Waals surface area contributed by atoms with Gasteiger partial charge in [-0.05, 0) is 51.5 Å². The standard InChI is InChI=1S/C23H26Cl2N4O2/c1-23(2,3)31-22(30)26-15-11-12-28(13-15)21-27-19-9-4-5-10-20(19)29(21)14-16-17(24)7-6-8-18(16)25/h4-10,15H,11-14H2,1-3H3,(H,26,30)/t15-/m0/s1. The molecule has 1 N–H and O–H groups in total. The normalized spacial score (nSPS) is 16.7. The molecule has 0 spiro atoms. The molecule has 0 saturated carbocycles. The van der Waals surface area contributed by atoms with Crippen LogP contribution in [0.1, 0.15) is 32.8 Å². The van der Waals surface area contributed by atoms with E-state index in [1.807, 2.05) is 63.2 Å². The van der Waals surface area contributed by atoms with Crippen LogP contribution in [0.2, 0.25) is 10.0 Å². The zero-order chi connectivity index (χ0) is 22.2. The van der Waals surface area contributed by atoms with Crippen molar-refractivity contribution in [3.05, 3.63) is 58.1 Å². The molecule has 0 radical (unpaired) electrons. The summed E-state index contributed by atoms with van der Waals surface area (Å²) in [4.78, 5) is 19.2. The first kappa shape index (κ1) is 21.8. The number of imidazole rings is 1. The number of aromatic nitrogens is 2. The highest BCUT2D eigenvalue weighted by Crippen LogP contribution is 2.31. The number of alkyl carbamates (subject to hydrolysis) is 1. The zero-order valence-electron chi connectivity index (χ0n) is 17.9. The van der Waals surface area contributed by atoms with Crippen LogP contribution >= 0.6 is 23.2 Å². The lowest BCUT2D eigenvalue weighted by atomic mass is 10.2. The minimum atomic E-state index is -0.523. The number of rotatable bonds is 4. The van der Waals surface area contributed by atoms with Gasteiger partial charge in [-0.1, -0.05) is 41.4 Å². The number of nitrogens with zero attached hydrogens (tertiary/aromatic N) is 3. The van der Waals surface area contributed by atoms with E-state index in [9.17, 15) is 4.79 Å². The predicted octanol–water partition coefficient (Wildman–Crippen LogP) is 5.49. The highest BCUT2D eigenvalue weighted by molar-refractivity contribution is 6.36. The van der Waals surface area contributed by atoms with Crippen LogP contribution in [0, 0.1) is 0 Å². The summed E-state index contributed by atoms with van der Waals surface area (Å²) in [5, 5.41) is 4.23. The van der Waals surface area contributed by atoms with Gasteiger partial charge in [0.05, 0.1) is 23.6 Å². The average molecular weight is 461 g/mol. The maximum atomic E-state index is 12.2. The highest BCUT2D eigenvalue weighted by atomic mass is 35.5. The maximum Gasteiger partial charge on any atom is 0.407 e. The van der Waals surface area contributed by atoms with E-state index in [2.05, 4.69) is 14.8 Å². The van der Waals surface area contributed by atoms with Crippen molar-refractivity contribution in [2.45, 2.75) is 45.4 Å². The van der Waals surface area contributed by atoms with Gasteiger partial charge in [-0.2, -0.15) is 0 Å². The number of ether oxygens (including phenoxy) is 1. The Morgan fingerprint density at radius 3 is 2.58 bits per heavy atom. The minimum absolute atomic E-state index is 0.00739. The van der Waals surface area contributed by atoms with Crippen LogP contribution in [-0.4, -0.2) is 40.4 Å². The molecule has 0 unspecified atom stereocenters. The van der Waals surface area contributed by atoms with E-state index in [0.717, 1.165) is 35.5 Å². The van der Waals surface area contributed by atoms with Crippen LogP contribution in [-0.2, 0) is 11.3 Å². The molecular formula is C23H26Cl2N4O2. The lowest BCUT2D eigenvalue weighted by molar-refractivity contribution is 0.0509. The molecule has 3 aromatic rings. The fourth-order valence-corrected chi connectivity index (χ4v) is 4.35. The quantitative estimate of drug-likeness (QED) is 0.558. The number of fused-ring (bicyclic) bond motifs is 1. The van der Waals surface area contributed by atoms with Gasteiger partial charge in [0.1, 0.15) is 5.60 Å². The van der Waals surface area contributed by atoms with Crippen LogP contribution < -0.4 is 10.2 Å². The molecule has 1 aliphatic rings. The van der Waals surface area contributed by atoms with Gasteiger partial charge in [0.2, 0.25) is 5.95 Å². The molecule has 2 heterocycles. The molecule has 0 bridgehead atoms.